The van der Waals surface area contributed by atoms with Crippen molar-refractivity contribution in [2.75, 3.05) is 0 Å². The predicted molar refractivity (Wildman–Crippen MR) is 80.7 cm³/mol. The Balaban J connectivity index is 1.98. The number of benzene rings is 1. The first-order valence-electron chi connectivity index (χ1n) is 7.04. The molecule has 0 spiro atoms. The lowest BCUT2D eigenvalue weighted by molar-refractivity contribution is 0.242. The SMILES string of the molecule is CC(C)Oc1cccc(C(N)CCc2nccn2C)c1. The van der Waals surface area contributed by atoms with Crippen LogP contribution < -0.4 is 10.5 Å². The van der Waals surface area contributed by atoms with E-state index < -0.39 is 0 Å². The fraction of sp³-hybridized carbons (Fsp3) is 0.438. The molecule has 0 aliphatic rings. The average molecular weight is 273 g/mol. The molecule has 0 amide bonds. The summed E-state index contributed by atoms with van der Waals surface area (Å²) >= 11 is 0. The molecule has 0 fully saturated rings. The highest BCUT2D eigenvalue weighted by atomic mass is 16.5. The largest absolute Gasteiger partial charge is 0.491 e. The Morgan fingerprint density at radius 3 is 2.80 bits per heavy atom. The molecule has 0 aliphatic carbocycles. The zero-order valence-electron chi connectivity index (χ0n) is 12.4. The highest BCUT2D eigenvalue weighted by molar-refractivity contribution is 5.30. The number of rotatable bonds is 6. The Bertz CT molecular complexity index is 548. The minimum atomic E-state index is 0.00223. The van der Waals surface area contributed by atoms with E-state index in [-0.39, 0.29) is 12.1 Å². The Morgan fingerprint density at radius 1 is 1.35 bits per heavy atom. The summed E-state index contributed by atoms with van der Waals surface area (Å²) in [4.78, 5) is 4.32. The van der Waals surface area contributed by atoms with Crippen molar-refractivity contribution >= 4 is 0 Å². The quantitative estimate of drug-likeness (QED) is 0.880. The summed E-state index contributed by atoms with van der Waals surface area (Å²) in [7, 11) is 2.00. The number of hydrogen-bond acceptors (Lipinski definition) is 3. The molecule has 1 aromatic carbocycles. The van der Waals surface area contributed by atoms with Crippen molar-refractivity contribution in [2.24, 2.45) is 12.8 Å². The standard InChI is InChI=1S/C16H23N3O/c1-12(2)20-14-6-4-5-13(11-14)15(17)7-8-16-18-9-10-19(16)3/h4-6,9-12,15H,7-8,17H2,1-3H3. The number of imidazole rings is 1. The van der Waals surface area contributed by atoms with Gasteiger partial charge in [0.05, 0.1) is 6.10 Å². The minimum Gasteiger partial charge on any atom is -0.491 e. The lowest BCUT2D eigenvalue weighted by Crippen LogP contribution is -2.13. The van der Waals surface area contributed by atoms with Crippen molar-refractivity contribution in [3.8, 4) is 5.75 Å². The molecule has 0 saturated heterocycles. The molecule has 2 N–H and O–H groups in total. The Labute approximate surface area is 120 Å². The first kappa shape index (κ1) is 14.6. The van der Waals surface area contributed by atoms with E-state index in [2.05, 4.69) is 11.1 Å². The fourth-order valence-electron chi connectivity index (χ4n) is 2.18. The molecular weight excluding hydrogens is 250 g/mol. The molecule has 20 heavy (non-hydrogen) atoms. The van der Waals surface area contributed by atoms with Gasteiger partial charge in [-0.1, -0.05) is 12.1 Å². The zero-order chi connectivity index (χ0) is 14.5. The van der Waals surface area contributed by atoms with Gasteiger partial charge in [-0.3, -0.25) is 0 Å². The van der Waals surface area contributed by atoms with Crippen LogP contribution in [0.5, 0.6) is 5.75 Å². The second-order valence-corrected chi connectivity index (χ2v) is 5.34. The summed E-state index contributed by atoms with van der Waals surface area (Å²) in [6.07, 6.45) is 5.69. The highest BCUT2D eigenvalue weighted by Crippen LogP contribution is 2.21. The number of nitrogens with two attached hydrogens (primary N) is 1. The molecule has 0 aliphatic heterocycles. The summed E-state index contributed by atoms with van der Waals surface area (Å²) < 4.78 is 7.74. The molecule has 1 atom stereocenters. The molecule has 108 valence electrons. The maximum absolute atomic E-state index is 6.27. The lowest BCUT2D eigenvalue weighted by Gasteiger charge is -2.15. The second-order valence-electron chi connectivity index (χ2n) is 5.34. The molecular formula is C16H23N3O. The molecule has 4 nitrogen and oxygen atoms in total. The first-order chi connectivity index (χ1) is 9.56. The van der Waals surface area contributed by atoms with Gasteiger partial charge in [-0.25, -0.2) is 4.98 Å². The molecule has 1 unspecified atom stereocenters. The van der Waals surface area contributed by atoms with Gasteiger partial charge >= 0.3 is 0 Å². The highest BCUT2D eigenvalue weighted by Gasteiger charge is 2.09. The maximum Gasteiger partial charge on any atom is 0.120 e. The Morgan fingerprint density at radius 2 is 2.15 bits per heavy atom. The monoisotopic (exact) mass is 273 g/mol. The van der Waals surface area contributed by atoms with Crippen molar-refractivity contribution in [1.82, 2.24) is 9.55 Å². The molecule has 4 heteroatoms. The Hall–Kier alpha value is -1.81. The van der Waals surface area contributed by atoms with Crippen LogP contribution in [0.3, 0.4) is 0 Å². The van der Waals surface area contributed by atoms with Crippen LogP contribution in [0.1, 0.15) is 37.7 Å². The zero-order valence-corrected chi connectivity index (χ0v) is 12.4. The van der Waals surface area contributed by atoms with Crippen LogP contribution in [0.2, 0.25) is 0 Å². The van der Waals surface area contributed by atoms with Crippen LogP contribution in [0, 0.1) is 0 Å². The van der Waals surface area contributed by atoms with Crippen LogP contribution in [0.4, 0.5) is 0 Å². The molecule has 0 radical (unpaired) electrons. The van der Waals surface area contributed by atoms with Crippen molar-refractivity contribution in [3.63, 3.8) is 0 Å². The predicted octanol–water partition coefficient (Wildman–Crippen LogP) is 2.84. The van der Waals surface area contributed by atoms with Crippen LogP contribution in [0.15, 0.2) is 36.7 Å². The van der Waals surface area contributed by atoms with Gasteiger partial charge in [0.15, 0.2) is 0 Å². The Kier molecular flexibility index (Phi) is 4.79. The van der Waals surface area contributed by atoms with Crippen LogP contribution in [-0.4, -0.2) is 15.7 Å². The first-order valence-corrected chi connectivity index (χ1v) is 7.04. The minimum absolute atomic E-state index is 0.00223. The average Bonchev–Trinajstić information content (AvgIpc) is 2.81. The third kappa shape index (κ3) is 3.84. The van der Waals surface area contributed by atoms with Gasteiger partial charge in [-0.15, -0.1) is 0 Å². The van der Waals surface area contributed by atoms with E-state index in [1.54, 1.807) is 0 Å². The summed E-state index contributed by atoms with van der Waals surface area (Å²) in [6, 6.07) is 8.05. The third-order valence-corrected chi connectivity index (χ3v) is 3.26. The van der Waals surface area contributed by atoms with Gasteiger partial charge in [-0.05, 0) is 38.0 Å². The lowest BCUT2D eigenvalue weighted by atomic mass is 10.0. The summed E-state index contributed by atoms with van der Waals surface area (Å²) in [5.41, 5.74) is 7.38. The second kappa shape index (κ2) is 6.57. The fourth-order valence-corrected chi connectivity index (χ4v) is 2.18. The van der Waals surface area contributed by atoms with Gasteiger partial charge in [0.1, 0.15) is 11.6 Å². The van der Waals surface area contributed by atoms with Gasteiger partial charge in [0.2, 0.25) is 0 Å². The topological polar surface area (TPSA) is 53.1 Å². The van der Waals surface area contributed by atoms with Crippen molar-refractivity contribution < 1.29 is 4.74 Å². The molecule has 1 heterocycles. The van der Waals surface area contributed by atoms with Gasteiger partial charge in [-0.2, -0.15) is 0 Å². The molecule has 0 bridgehead atoms. The smallest absolute Gasteiger partial charge is 0.120 e. The maximum atomic E-state index is 6.27. The molecule has 2 aromatic rings. The number of aryl methyl sites for hydroxylation is 2. The number of ether oxygens (including phenoxy) is 1. The number of hydrogen-bond donors (Lipinski definition) is 1. The normalized spacial score (nSPS) is 12.7. The van der Waals surface area contributed by atoms with Gasteiger partial charge < -0.3 is 15.0 Å². The van der Waals surface area contributed by atoms with E-state index in [0.717, 1.165) is 30.0 Å². The molecule has 2 rings (SSSR count). The number of aromatic nitrogens is 2. The third-order valence-electron chi connectivity index (χ3n) is 3.26. The molecule has 0 saturated carbocycles. The van der Waals surface area contributed by atoms with E-state index in [1.807, 2.05) is 56.1 Å². The van der Waals surface area contributed by atoms with E-state index >= 15 is 0 Å². The van der Waals surface area contributed by atoms with Crippen molar-refractivity contribution in [1.29, 1.82) is 0 Å². The van der Waals surface area contributed by atoms with Gasteiger partial charge in [0, 0.05) is 31.9 Å². The summed E-state index contributed by atoms with van der Waals surface area (Å²) in [6.45, 7) is 4.04. The van der Waals surface area contributed by atoms with E-state index in [1.165, 1.54) is 0 Å². The van der Waals surface area contributed by atoms with Gasteiger partial charge in [0.25, 0.3) is 0 Å². The van der Waals surface area contributed by atoms with Crippen LogP contribution >= 0.6 is 0 Å². The van der Waals surface area contributed by atoms with Crippen molar-refractivity contribution in [2.45, 2.75) is 38.8 Å². The number of nitrogens with zero attached hydrogens (tertiary/aromatic N) is 2. The van der Waals surface area contributed by atoms with E-state index in [4.69, 9.17) is 10.5 Å². The summed E-state index contributed by atoms with van der Waals surface area (Å²) in [5, 5.41) is 0. The van der Waals surface area contributed by atoms with E-state index in [9.17, 15) is 0 Å². The summed E-state index contributed by atoms with van der Waals surface area (Å²) in [5.74, 6) is 1.94. The molecule has 1 aromatic heterocycles. The van der Waals surface area contributed by atoms with Crippen LogP contribution in [0.25, 0.3) is 0 Å². The van der Waals surface area contributed by atoms with Crippen LogP contribution in [-0.2, 0) is 13.5 Å². The van der Waals surface area contributed by atoms with Crippen molar-refractivity contribution in [3.05, 3.63) is 48.0 Å². The van der Waals surface area contributed by atoms with E-state index in [0.29, 0.717) is 0 Å².